The standard InChI is InChI=1S/C15H19BrFNO/c1-18-13-9-14(15(13)6-2-3-7-15)19-12-5-4-10(16)8-11(12)17/h4-5,8,13-14,18H,2-3,6-7,9H2,1H3. The Hall–Kier alpha value is -0.610. The van der Waals surface area contributed by atoms with Crippen molar-refractivity contribution in [1.82, 2.24) is 5.32 Å². The van der Waals surface area contributed by atoms with Gasteiger partial charge in [-0.05, 0) is 38.1 Å². The van der Waals surface area contributed by atoms with E-state index in [1.165, 1.54) is 31.7 Å². The number of hydrogen-bond donors (Lipinski definition) is 1. The van der Waals surface area contributed by atoms with Crippen molar-refractivity contribution in [2.75, 3.05) is 7.05 Å². The average Bonchev–Trinajstić information content (AvgIpc) is 2.88. The molecule has 2 aliphatic rings. The molecule has 0 amide bonds. The molecule has 0 saturated heterocycles. The molecule has 0 aromatic heterocycles. The van der Waals surface area contributed by atoms with Gasteiger partial charge in [-0.2, -0.15) is 0 Å². The molecular weight excluding hydrogens is 309 g/mol. The van der Waals surface area contributed by atoms with Crippen molar-refractivity contribution < 1.29 is 9.13 Å². The topological polar surface area (TPSA) is 21.3 Å². The highest BCUT2D eigenvalue weighted by Gasteiger charge is 2.57. The first-order chi connectivity index (χ1) is 9.15. The van der Waals surface area contributed by atoms with Gasteiger partial charge >= 0.3 is 0 Å². The van der Waals surface area contributed by atoms with Crippen LogP contribution in [-0.4, -0.2) is 19.2 Å². The van der Waals surface area contributed by atoms with E-state index in [1.807, 2.05) is 13.1 Å². The van der Waals surface area contributed by atoms with Crippen molar-refractivity contribution in [2.24, 2.45) is 5.41 Å². The molecule has 0 heterocycles. The third-order valence-electron chi connectivity index (χ3n) is 4.83. The van der Waals surface area contributed by atoms with Crippen LogP contribution in [0, 0.1) is 11.2 Å². The second-order valence-corrected chi connectivity index (χ2v) is 6.61. The van der Waals surface area contributed by atoms with Crippen LogP contribution >= 0.6 is 15.9 Å². The monoisotopic (exact) mass is 327 g/mol. The maximum absolute atomic E-state index is 13.9. The summed E-state index contributed by atoms with van der Waals surface area (Å²) in [5, 5.41) is 3.39. The highest BCUT2D eigenvalue weighted by molar-refractivity contribution is 9.10. The molecule has 0 radical (unpaired) electrons. The number of rotatable bonds is 3. The fourth-order valence-electron chi connectivity index (χ4n) is 3.75. The summed E-state index contributed by atoms with van der Waals surface area (Å²) in [5.74, 6) is 0.101. The largest absolute Gasteiger partial charge is 0.487 e. The highest BCUT2D eigenvalue weighted by Crippen LogP contribution is 2.54. The quantitative estimate of drug-likeness (QED) is 0.909. The maximum atomic E-state index is 13.9. The van der Waals surface area contributed by atoms with Gasteiger partial charge in [0.25, 0.3) is 0 Å². The molecule has 4 heteroatoms. The molecule has 2 atom stereocenters. The zero-order valence-electron chi connectivity index (χ0n) is 11.1. The fraction of sp³-hybridized carbons (Fsp3) is 0.600. The van der Waals surface area contributed by atoms with Crippen LogP contribution in [0.25, 0.3) is 0 Å². The van der Waals surface area contributed by atoms with Crippen LogP contribution in [0.2, 0.25) is 0 Å². The van der Waals surface area contributed by atoms with Crippen LogP contribution in [0.15, 0.2) is 22.7 Å². The van der Waals surface area contributed by atoms with Crippen LogP contribution in [0.3, 0.4) is 0 Å². The third kappa shape index (κ3) is 2.19. The van der Waals surface area contributed by atoms with E-state index in [9.17, 15) is 4.39 Å². The second kappa shape index (κ2) is 5.06. The van der Waals surface area contributed by atoms with Crippen LogP contribution < -0.4 is 10.1 Å². The molecule has 2 aliphatic carbocycles. The lowest BCUT2D eigenvalue weighted by molar-refractivity contribution is -0.0751. The molecule has 104 valence electrons. The molecule has 1 N–H and O–H groups in total. The van der Waals surface area contributed by atoms with Crippen molar-refractivity contribution in [3.63, 3.8) is 0 Å². The normalized spacial score (nSPS) is 28.4. The summed E-state index contributed by atoms with van der Waals surface area (Å²) < 4.78 is 20.6. The van der Waals surface area contributed by atoms with Gasteiger partial charge < -0.3 is 10.1 Å². The Balaban J connectivity index is 1.77. The minimum atomic E-state index is -0.282. The maximum Gasteiger partial charge on any atom is 0.166 e. The van der Waals surface area contributed by atoms with Gasteiger partial charge in [0, 0.05) is 22.4 Å². The highest BCUT2D eigenvalue weighted by atomic mass is 79.9. The molecule has 0 bridgehead atoms. The van der Waals surface area contributed by atoms with E-state index in [4.69, 9.17) is 4.74 Å². The van der Waals surface area contributed by atoms with E-state index >= 15 is 0 Å². The SMILES string of the molecule is CNC1CC(Oc2ccc(Br)cc2F)C12CCCC2. The lowest BCUT2D eigenvalue weighted by Gasteiger charge is -2.53. The number of halogens is 2. The Bertz CT molecular complexity index is 473. The number of benzene rings is 1. The Morgan fingerprint density at radius 2 is 2.11 bits per heavy atom. The van der Waals surface area contributed by atoms with Gasteiger partial charge in [0.15, 0.2) is 11.6 Å². The zero-order chi connectivity index (χ0) is 13.5. The van der Waals surface area contributed by atoms with Gasteiger partial charge in [0.2, 0.25) is 0 Å². The van der Waals surface area contributed by atoms with Crippen molar-refractivity contribution >= 4 is 15.9 Å². The predicted octanol–water partition coefficient (Wildman–Crippen LogP) is 3.89. The smallest absolute Gasteiger partial charge is 0.166 e. The van der Waals surface area contributed by atoms with Gasteiger partial charge in [-0.25, -0.2) is 4.39 Å². The van der Waals surface area contributed by atoms with E-state index in [0.717, 1.165) is 10.9 Å². The first-order valence-corrected chi connectivity index (χ1v) is 7.74. The summed E-state index contributed by atoms with van der Waals surface area (Å²) in [7, 11) is 2.02. The van der Waals surface area contributed by atoms with Gasteiger partial charge in [0.1, 0.15) is 6.10 Å². The van der Waals surface area contributed by atoms with Gasteiger partial charge in [-0.15, -0.1) is 0 Å². The van der Waals surface area contributed by atoms with E-state index < -0.39 is 0 Å². The average molecular weight is 328 g/mol. The van der Waals surface area contributed by atoms with Crippen molar-refractivity contribution in [3.8, 4) is 5.75 Å². The summed E-state index contributed by atoms with van der Waals surface area (Å²) in [6.07, 6.45) is 6.05. The number of hydrogen-bond acceptors (Lipinski definition) is 2. The van der Waals surface area contributed by atoms with Crippen LogP contribution in [-0.2, 0) is 0 Å². The summed E-state index contributed by atoms with van der Waals surface area (Å²) in [5.41, 5.74) is 0.230. The summed E-state index contributed by atoms with van der Waals surface area (Å²) in [6, 6.07) is 5.53. The second-order valence-electron chi connectivity index (χ2n) is 5.70. The van der Waals surface area contributed by atoms with Gasteiger partial charge in [-0.3, -0.25) is 0 Å². The minimum Gasteiger partial charge on any atom is -0.487 e. The number of ether oxygens (including phenoxy) is 1. The fourth-order valence-corrected chi connectivity index (χ4v) is 4.08. The molecule has 2 unspecified atom stereocenters. The molecule has 19 heavy (non-hydrogen) atoms. The van der Waals surface area contributed by atoms with Gasteiger partial charge in [0.05, 0.1) is 0 Å². The minimum absolute atomic E-state index is 0.156. The van der Waals surface area contributed by atoms with Crippen molar-refractivity contribution in [1.29, 1.82) is 0 Å². The predicted molar refractivity (Wildman–Crippen MR) is 76.9 cm³/mol. The van der Waals surface area contributed by atoms with Crippen LogP contribution in [0.4, 0.5) is 4.39 Å². The molecule has 2 saturated carbocycles. The Labute approximate surface area is 121 Å². The zero-order valence-corrected chi connectivity index (χ0v) is 12.7. The molecule has 1 aromatic rings. The Morgan fingerprint density at radius 1 is 1.37 bits per heavy atom. The first kappa shape index (κ1) is 13.4. The first-order valence-electron chi connectivity index (χ1n) is 6.95. The molecule has 3 rings (SSSR count). The van der Waals surface area contributed by atoms with Crippen LogP contribution in [0.1, 0.15) is 32.1 Å². The molecule has 1 aromatic carbocycles. The van der Waals surface area contributed by atoms with E-state index in [2.05, 4.69) is 21.2 Å². The van der Waals surface area contributed by atoms with E-state index in [-0.39, 0.29) is 17.3 Å². The Kier molecular flexibility index (Phi) is 3.56. The number of nitrogens with one attached hydrogen (secondary N) is 1. The Morgan fingerprint density at radius 3 is 2.74 bits per heavy atom. The molecule has 2 nitrogen and oxygen atoms in total. The summed E-state index contributed by atoms with van der Waals surface area (Å²) >= 11 is 3.27. The van der Waals surface area contributed by atoms with Crippen LogP contribution in [0.5, 0.6) is 5.75 Å². The molecule has 0 aliphatic heterocycles. The lowest BCUT2D eigenvalue weighted by atomic mass is 9.60. The molecule has 1 spiro atoms. The van der Waals surface area contributed by atoms with E-state index in [0.29, 0.717) is 11.8 Å². The molecule has 2 fully saturated rings. The van der Waals surface area contributed by atoms with Gasteiger partial charge in [-0.1, -0.05) is 28.8 Å². The summed E-state index contributed by atoms with van der Waals surface area (Å²) in [6.45, 7) is 0. The van der Waals surface area contributed by atoms with Crippen molar-refractivity contribution in [3.05, 3.63) is 28.5 Å². The van der Waals surface area contributed by atoms with Crippen molar-refractivity contribution in [2.45, 2.75) is 44.2 Å². The summed E-state index contributed by atoms with van der Waals surface area (Å²) in [4.78, 5) is 0. The lowest BCUT2D eigenvalue weighted by Crippen LogP contribution is -2.63. The van der Waals surface area contributed by atoms with E-state index in [1.54, 1.807) is 6.07 Å². The molecular formula is C15H19BrFNO. The third-order valence-corrected chi connectivity index (χ3v) is 5.32.